The zero-order valence-electron chi connectivity index (χ0n) is 12.9. The predicted octanol–water partition coefficient (Wildman–Crippen LogP) is 2.85. The van der Waals surface area contributed by atoms with Crippen LogP contribution in [0.15, 0.2) is 35.9 Å². The van der Waals surface area contributed by atoms with E-state index in [0.717, 1.165) is 31.5 Å². The quantitative estimate of drug-likeness (QED) is 0.789. The molecule has 1 aliphatic heterocycles. The third kappa shape index (κ3) is 6.58. The molecule has 0 saturated heterocycles. The number of nitrogens with one attached hydrogen (secondary N) is 2. The topological polar surface area (TPSA) is 41.1 Å². The summed E-state index contributed by atoms with van der Waals surface area (Å²) in [7, 11) is 0. The number of halogens is 2. The zero-order chi connectivity index (χ0) is 15.1. The summed E-state index contributed by atoms with van der Waals surface area (Å²) in [6.07, 6.45) is 4.33. The molecule has 0 saturated carbocycles. The maximum atomic E-state index is 13.1. The van der Waals surface area contributed by atoms with Crippen molar-refractivity contribution in [3.05, 3.63) is 47.3 Å². The van der Waals surface area contributed by atoms with E-state index in [1.54, 1.807) is 6.07 Å². The molecule has 0 radical (unpaired) electrons. The van der Waals surface area contributed by atoms with Crippen LogP contribution in [0.1, 0.15) is 25.3 Å². The van der Waals surface area contributed by atoms with Crippen molar-refractivity contribution in [2.75, 3.05) is 19.6 Å². The molecule has 1 unspecified atom stereocenters. The number of hydrogen-bond donors (Lipinski definition) is 2. The highest BCUT2D eigenvalue weighted by Gasteiger charge is 2.11. The summed E-state index contributed by atoms with van der Waals surface area (Å²) in [6.45, 7) is 4.54. The highest BCUT2D eigenvalue weighted by Crippen LogP contribution is 2.13. The van der Waals surface area contributed by atoms with Gasteiger partial charge in [-0.25, -0.2) is 4.39 Å². The molecule has 1 heterocycles. The molecule has 0 aromatic heterocycles. The summed E-state index contributed by atoms with van der Waals surface area (Å²) < 4.78 is 13.1. The summed E-state index contributed by atoms with van der Waals surface area (Å²) >= 11 is 0. The Labute approximate surface area is 137 Å². The summed E-state index contributed by atoms with van der Waals surface area (Å²) in [6, 6.07) is 6.58. The van der Waals surface area contributed by atoms with Crippen LogP contribution in [0.5, 0.6) is 0 Å². The van der Waals surface area contributed by atoms with Crippen LogP contribution in [0.3, 0.4) is 0 Å². The smallest absolute Gasteiger partial charge is 0.220 e. The average Bonchev–Trinajstić information content (AvgIpc) is 2.46. The van der Waals surface area contributed by atoms with Crippen molar-refractivity contribution >= 4 is 18.3 Å². The van der Waals surface area contributed by atoms with E-state index in [2.05, 4.69) is 16.7 Å². The monoisotopic (exact) mass is 326 g/mol. The molecule has 122 valence electrons. The molecule has 0 fully saturated rings. The van der Waals surface area contributed by atoms with Crippen LogP contribution in [0.25, 0.3) is 0 Å². The lowest BCUT2D eigenvalue weighted by Gasteiger charge is -2.16. The second-order valence-electron chi connectivity index (χ2n) is 5.74. The molecular formula is C17H24ClFN2O. The van der Waals surface area contributed by atoms with Crippen LogP contribution < -0.4 is 10.6 Å². The van der Waals surface area contributed by atoms with Gasteiger partial charge in [0.15, 0.2) is 0 Å². The van der Waals surface area contributed by atoms with Crippen molar-refractivity contribution in [1.29, 1.82) is 0 Å². The fraction of sp³-hybridized carbons (Fsp3) is 0.471. The van der Waals surface area contributed by atoms with Crippen molar-refractivity contribution in [2.45, 2.75) is 26.2 Å². The summed E-state index contributed by atoms with van der Waals surface area (Å²) in [5.41, 5.74) is 2.23. The van der Waals surface area contributed by atoms with E-state index >= 15 is 0 Å². The zero-order valence-corrected chi connectivity index (χ0v) is 13.7. The minimum atomic E-state index is -0.220. The number of rotatable bonds is 6. The molecule has 2 rings (SSSR count). The Bertz CT molecular complexity index is 519. The summed E-state index contributed by atoms with van der Waals surface area (Å²) in [5.74, 6) is 0.0501. The van der Waals surface area contributed by atoms with Crippen molar-refractivity contribution in [3.8, 4) is 0 Å². The molecule has 2 N–H and O–H groups in total. The van der Waals surface area contributed by atoms with Gasteiger partial charge in [-0.05, 0) is 43.0 Å². The fourth-order valence-electron chi connectivity index (χ4n) is 2.57. The van der Waals surface area contributed by atoms with Gasteiger partial charge < -0.3 is 10.6 Å². The van der Waals surface area contributed by atoms with Gasteiger partial charge in [-0.2, -0.15) is 0 Å². The Hall–Kier alpha value is -1.39. The molecule has 3 nitrogen and oxygen atoms in total. The molecule has 1 aromatic rings. The van der Waals surface area contributed by atoms with Crippen molar-refractivity contribution in [1.82, 2.24) is 10.6 Å². The van der Waals surface area contributed by atoms with Gasteiger partial charge in [-0.15, -0.1) is 12.4 Å². The highest BCUT2D eigenvalue weighted by molar-refractivity contribution is 5.85. The Balaban J connectivity index is 0.00000242. The number of carbonyl (C=O) groups is 1. The van der Waals surface area contributed by atoms with E-state index in [1.165, 1.54) is 17.7 Å². The fourth-order valence-corrected chi connectivity index (χ4v) is 2.57. The molecular weight excluding hydrogens is 303 g/mol. The van der Waals surface area contributed by atoms with Crippen LogP contribution in [0.4, 0.5) is 4.39 Å². The minimum Gasteiger partial charge on any atom is -0.352 e. The maximum absolute atomic E-state index is 13.1. The maximum Gasteiger partial charge on any atom is 0.220 e. The first kappa shape index (κ1) is 18.7. The van der Waals surface area contributed by atoms with E-state index in [0.29, 0.717) is 13.0 Å². The van der Waals surface area contributed by atoms with Crippen molar-refractivity contribution < 1.29 is 9.18 Å². The molecule has 1 atom stereocenters. The Kier molecular flexibility index (Phi) is 8.13. The molecule has 0 spiro atoms. The summed E-state index contributed by atoms with van der Waals surface area (Å²) in [4.78, 5) is 11.9. The van der Waals surface area contributed by atoms with E-state index in [9.17, 15) is 9.18 Å². The Morgan fingerprint density at radius 2 is 2.27 bits per heavy atom. The van der Waals surface area contributed by atoms with Gasteiger partial charge in [0.05, 0.1) is 0 Å². The molecule has 5 heteroatoms. The van der Waals surface area contributed by atoms with Gasteiger partial charge in [0.2, 0.25) is 5.91 Å². The van der Waals surface area contributed by atoms with Crippen LogP contribution in [-0.2, 0) is 11.2 Å². The van der Waals surface area contributed by atoms with E-state index < -0.39 is 0 Å². The Morgan fingerprint density at radius 3 is 2.95 bits per heavy atom. The van der Waals surface area contributed by atoms with E-state index in [-0.39, 0.29) is 30.0 Å². The van der Waals surface area contributed by atoms with Gasteiger partial charge >= 0.3 is 0 Å². The largest absolute Gasteiger partial charge is 0.352 e. The predicted molar refractivity (Wildman–Crippen MR) is 89.7 cm³/mol. The second-order valence-corrected chi connectivity index (χ2v) is 5.74. The number of amides is 1. The normalized spacial score (nSPS) is 15.5. The molecule has 1 amide bonds. The summed E-state index contributed by atoms with van der Waals surface area (Å²) in [5, 5.41) is 6.22. The lowest BCUT2D eigenvalue weighted by molar-refractivity contribution is -0.121. The van der Waals surface area contributed by atoms with Gasteiger partial charge in [0.1, 0.15) is 5.82 Å². The Morgan fingerprint density at radius 1 is 1.45 bits per heavy atom. The SMILES string of the molecule is CC(CC(=O)NCC1=CCNCC1)Cc1cccc(F)c1.Cl. The number of hydrogen-bond acceptors (Lipinski definition) is 2. The lowest BCUT2D eigenvalue weighted by Crippen LogP contribution is -2.30. The average molecular weight is 327 g/mol. The van der Waals surface area contributed by atoms with Crippen LogP contribution >= 0.6 is 12.4 Å². The van der Waals surface area contributed by atoms with Gasteiger partial charge in [0.25, 0.3) is 0 Å². The van der Waals surface area contributed by atoms with Gasteiger partial charge in [-0.1, -0.05) is 30.7 Å². The third-order valence-electron chi connectivity index (χ3n) is 3.68. The standard InChI is InChI=1S/C17H23FN2O.ClH/c1-13(9-15-3-2-4-16(18)11-15)10-17(21)20-12-14-5-7-19-8-6-14;/h2-5,11,13,19H,6-10,12H2,1H3,(H,20,21);1H. The van der Waals surface area contributed by atoms with E-state index in [4.69, 9.17) is 0 Å². The molecule has 1 aliphatic rings. The van der Waals surface area contributed by atoms with Crippen LogP contribution in [-0.4, -0.2) is 25.5 Å². The molecule has 1 aromatic carbocycles. The first-order valence-corrected chi connectivity index (χ1v) is 7.53. The molecule has 0 bridgehead atoms. The van der Waals surface area contributed by atoms with Crippen LogP contribution in [0, 0.1) is 11.7 Å². The molecule has 0 aliphatic carbocycles. The van der Waals surface area contributed by atoms with Gasteiger partial charge in [0, 0.05) is 19.5 Å². The number of benzene rings is 1. The first-order valence-electron chi connectivity index (χ1n) is 7.53. The van der Waals surface area contributed by atoms with Crippen molar-refractivity contribution in [3.63, 3.8) is 0 Å². The highest BCUT2D eigenvalue weighted by atomic mass is 35.5. The van der Waals surface area contributed by atoms with Gasteiger partial charge in [-0.3, -0.25) is 4.79 Å². The second kappa shape index (κ2) is 9.59. The van der Waals surface area contributed by atoms with E-state index in [1.807, 2.05) is 13.0 Å². The minimum absolute atomic E-state index is 0. The first-order chi connectivity index (χ1) is 10.1. The van der Waals surface area contributed by atoms with Crippen molar-refractivity contribution in [2.24, 2.45) is 5.92 Å². The number of carbonyl (C=O) groups excluding carboxylic acids is 1. The van der Waals surface area contributed by atoms with Crippen LogP contribution in [0.2, 0.25) is 0 Å². The molecule has 22 heavy (non-hydrogen) atoms. The lowest BCUT2D eigenvalue weighted by atomic mass is 9.97. The third-order valence-corrected chi connectivity index (χ3v) is 3.68.